The molecule has 0 unspecified atom stereocenters. The van der Waals surface area contributed by atoms with Crippen LogP contribution in [0.3, 0.4) is 0 Å². The summed E-state index contributed by atoms with van der Waals surface area (Å²) in [6.45, 7) is 0. The van der Waals surface area contributed by atoms with E-state index in [1.54, 1.807) is 31.4 Å². The molecule has 2 nitrogen and oxygen atoms in total. The summed E-state index contributed by atoms with van der Waals surface area (Å²) >= 11 is 0. The van der Waals surface area contributed by atoms with E-state index in [9.17, 15) is 0 Å². The van der Waals surface area contributed by atoms with E-state index in [4.69, 9.17) is 9.83 Å². The highest BCUT2D eigenvalue weighted by atomic mass is 16.4. The van der Waals surface area contributed by atoms with Crippen LogP contribution in [0, 0.1) is 5.41 Å². The summed E-state index contributed by atoms with van der Waals surface area (Å²) in [6, 6.07) is 0. The molecule has 0 atom stereocenters. The van der Waals surface area contributed by atoms with Crippen LogP contribution in [-0.2, 0) is 4.42 Å². The standard InChI is InChI=1S/C7H8NO/c1-9-7-4-2-6(8)3-5-7/h2-5,8H,1H3/q+1. The van der Waals surface area contributed by atoms with Crippen molar-refractivity contribution in [2.75, 3.05) is 7.11 Å². The third-order valence-electron chi connectivity index (χ3n) is 1.09. The van der Waals surface area contributed by atoms with Gasteiger partial charge < -0.3 is 5.41 Å². The molecule has 0 bridgehead atoms. The molecule has 1 N–H and O–H groups in total. The van der Waals surface area contributed by atoms with Crippen LogP contribution in [0.25, 0.3) is 0 Å². The van der Waals surface area contributed by atoms with E-state index in [0.29, 0.717) is 5.71 Å². The number of ketones is 1. The molecule has 0 amide bonds. The van der Waals surface area contributed by atoms with Crippen LogP contribution in [0.15, 0.2) is 24.3 Å². The lowest BCUT2D eigenvalue weighted by molar-refractivity contribution is -0.417. The first-order valence-corrected chi connectivity index (χ1v) is 2.68. The third-order valence-corrected chi connectivity index (χ3v) is 1.09. The van der Waals surface area contributed by atoms with Crippen LogP contribution in [-0.4, -0.2) is 18.6 Å². The van der Waals surface area contributed by atoms with Gasteiger partial charge in [0.05, 0.1) is 5.71 Å². The van der Waals surface area contributed by atoms with Gasteiger partial charge in [0.25, 0.3) is 7.11 Å². The molecule has 46 valence electrons. The molecular formula is C7H8NO+. The number of allylic oxidation sites excluding steroid dienone is 4. The molecule has 0 radical (unpaired) electrons. The molecule has 0 heterocycles. The Morgan fingerprint density at radius 2 is 1.78 bits per heavy atom. The zero-order chi connectivity index (χ0) is 6.69. The van der Waals surface area contributed by atoms with E-state index >= 15 is 0 Å². The molecule has 1 aliphatic rings. The van der Waals surface area contributed by atoms with Gasteiger partial charge in [0.15, 0.2) is 0 Å². The first-order valence-electron chi connectivity index (χ1n) is 2.68. The summed E-state index contributed by atoms with van der Waals surface area (Å²) in [4.78, 5) is 0. The van der Waals surface area contributed by atoms with Gasteiger partial charge in [-0.15, -0.1) is 0 Å². The van der Waals surface area contributed by atoms with Crippen molar-refractivity contribution in [1.29, 1.82) is 5.41 Å². The maximum absolute atomic E-state index is 7.11. The number of nitrogens with one attached hydrogen (secondary N) is 1. The summed E-state index contributed by atoms with van der Waals surface area (Å²) in [7, 11) is 1.61. The molecule has 2 heteroatoms. The van der Waals surface area contributed by atoms with Crippen LogP contribution in [0.1, 0.15) is 0 Å². The number of carbonyl (C=O) groups excluding carboxylic acids is 1. The maximum Gasteiger partial charge on any atom is 0.343 e. The molecule has 1 aliphatic carbocycles. The van der Waals surface area contributed by atoms with Gasteiger partial charge in [-0.05, 0) is 12.2 Å². The average Bonchev–Trinajstić information content (AvgIpc) is 1.90. The van der Waals surface area contributed by atoms with Gasteiger partial charge >= 0.3 is 5.78 Å². The lowest BCUT2D eigenvalue weighted by Crippen LogP contribution is -1.99. The molecule has 0 saturated carbocycles. The van der Waals surface area contributed by atoms with E-state index in [-0.39, 0.29) is 0 Å². The molecule has 1 rings (SSSR count). The van der Waals surface area contributed by atoms with Gasteiger partial charge in [-0.25, -0.2) is 0 Å². The van der Waals surface area contributed by atoms with Crippen molar-refractivity contribution in [3.8, 4) is 0 Å². The zero-order valence-corrected chi connectivity index (χ0v) is 5.22. The van der Waals surface area contributed by atoms with Crippen molar-refractivity contribution in [1.82, 2.24) is 0 Å². The lowest BCUT2D eigenvalue weighted by Gasteiger charge is -1.88. The summed E-state index contributed by atoms with van der Waals surface area (Å²) in [5, 5.41) is 7.11. The Morgan fingerprint density at radius 1 is 1.22 bits per heavy atom. The predicted octanol–water partition coefficient (Wildman–Crippen LogP) is 0.867. The number of hydrogen-bond donors (Lipinski definition) is 1. The first kappa shape index (κ1) is 5.95. The Labute approximate surface area is 53.7 Å². The monoisotopic (exact) mass is 122 g/mol. The van der Waals surface area contributed by atoms with Crippen LogP contribution >= 0.6 is 0 Å². The summed E-state index contributed by atoms with van der Waals surface area (Å²) < 4.78 is 4.89. The van der Waals surface area contributed by atoms with E-state index < -0.39 is 0 Å². The fraction of sp³-hybridized carbons (Fsp3) is 0.143. The summed E-state index contributed by atoms with van der Waals surface area (Å²) in [5.41, 5.74) is 0.510. The molecule has 0 aromatic heterocycles. The summed E-state index contributed by atoms with van der Waals surface area (Å²) in [5.74, 6) is 0.797. The van der Waals surface area contributed by atoms with Crippen LogP contribution in [0.4, 0.5) is 0 Å². The molecular weight excluding hydrogens is 114 g/mol. The quantitative estimate of drug-likeness (QED) is 0.365. The minimum absolute atomic E-state index is 0.510. The van der Waals surface area contributed by atoms with Gasteiger partial charge in [-0.2, -0.15) is 0 Å². The van der Waals surface area contributed by atoms with Crippen molar-refractivity contribution in [2.24, 2.45) is 0 Å². The first-order chi connectivity index (χ1) is 4.33. The lowest BCUT2D eigenvalue weighted by atomic mass is 10.2. The van der Waals surface area contributed by atoms with Crippen molar-refractivity contribution in [2.45, 2.75) is 0 Å². The van der Waals surface area contributed by atoms with Gasteiger partial charge in [-0.3, -0.25) is 4.42 Å². The second kappa shape index (κ2) is 2.40. The number of hydrogen-bond acceptors (Lipinski definition) is 1. The average molecular weight is 122 g/mol. The Bertz CT molecular complexity index is 193. The minimum Gasteiger partial charge on any atom is -0.301 e. The Kier molecular flexibility index (Phi) is 1.58. The second-order valence-corrected chi connectivity index (χ2v) is 1.73. The Balaban J connectivity index is 2.82. The molecule has 0 saturated heterocycles. The number of rotatable bonds is 0. The maximum atomic E-state index is 7.11. The van der Waals surface area contributed by atoms with Gasteiger partial charge in [0.1, 0.15) is 0 Å². The SMILES string of the molecule is C[O+]=C1C=CC(=N)C=C1. The van der Waals surface area contributed by atoms with Crippen molar-refractivity contribution in [3.05, 3.63) is 24.3 Å². The predicted molar refractivity (Wildman–Crippen MR) is 36.9 cm³/mol. The van der Waals surface area contributed by atoms with E-state index in [2.05, 4.69) is 0 Å². The fourth-order valence-corrected chi connectivity index (χ4v) is 0.591. The zero-order valence-electron chi connectivity index (χ0n) is 5.22. The molecule has 0 fully saturated rings. The van der Waals surface area contributed by atoms with E-state index in [1.807, 2.05) is 0 Å². The molecule has 0 aliphatic heterocycles. The van der Waals surface area contributed by atoms with Crippen LogP contribution in [0.2, 0.25) is 0 Å². The molecule has 0 aromatic rings. The van der Waals surface area contributed by atoms with Gasteiger partial charge in [-0.1, -0.05) is 0 Å². The third kappa shape index (κ3) is 1.35. The topological polar surface area (TPSA) is 35.2 Å². The van der Waals surface area contributed by atoms with Crippen molar-refractivity contribution in [3.63, 3.8) is 0 Å². The minimum atomic E-state index is 0.510. The second-order valence-electron chi connectivity index (χ2n) is 1.73. The van der Waals surface area contributed by atoms with Crippen LogP contribution < -0.4 is 0 Å². The highest BCUT2D eigenvalue weighted by molar-refractivity contribution is 6.15. The van der Waals surface area contributed by atoms with E-state index in [0.717, 1.165) is 5.78 Å². The highest BCUT2D eigenvalue weighted by Crippen LogP contribution is 1.92. The van der Waals surface area contributed by atoms with Crippen molar-refractivity contribution < 1.29 is 4.42 Å². The largest absolute Gasteiger partial charge is 0.343 e. The normalized spacial score (nSPS) is 16.6. The Hall–Kier alpha value is -1.18. The van der Waals surface area contributed by atoms with Crippen LogP contribution in [0.5, 0.6) is 0 Å². The van der Waals surface area contributed by atoms with Crippen molar-refractivity contribution >= 4 is 11.5 Å². The summed E-state index contributed by atoms with van der Waals surface area (Å²) in [6.07, 6.45) is 6.92. The highest BCUT2D eigenvalue weighted by Gasteiger charge is 2.03. The molecule has 9 heavy (non-hydrogen) atoms. The molecule has 0 aromatic carbocycles. The van der Waals surface area contributed by atoms with E-state index in [1.165, 1.54) is 0 Å². The molecule has 0 spiro atoms. The van der Waals surface area contributed by atoms with Gasteiger partial charge in [0, 0.05) is 12.2 Å². The smallest absolute Gasteiger partial charge is 0.301 e. The fourth-order valence-electron chi connectivity index (χ4n) is 0.591. The Morgan fingerprint density at radius 3 is 2.22 bits per heavy atom. The van der Waals surface area contributed by atoms with Gasteiger partial charge in [0.2, 0.25) is 0 Å².